The van der Waals surface area contributed by atoms with Crippen LogP contribution >= 0.6 is 11.6 Å². The number of sulfone groups is 1. The van der Waals surface area contributed by atoms with Gasteiger partial charge in [0.05, 0.1) is 17.0 Å². The largest absolute Gasteiger partial charge is 0.481 e. The van der Waals surface area contributed by atoms with Gasteiger partial charge in [0.2, 0.25) is 0 Å². The summed E-state index contributed by atoms with van der Waals surface area (Å²) in [5.41, 5.74) is -0.715. The molecule has 1 fully saturated rings. The van der Waals surface area contributed by atoms with E-state index in [2.05, 4.69) is 5.32 Å². The van der Waals surface area contributed by atoms with Crippen LogP contribution in [0, 0.1) is 0 Å². The highest BCUT2D eigenvalue weighted by Crippen LogP contribution is 2.23. The molecule has 2 atom stereocenters. The molecular formula is C14H18ClNO4S. The van der Waals surface area contributed by atoms with E-state index in [-0.39, 0.29) is 17.4 Å². The highest BCUT2D eigenvalue weighted by Gasteiger charge is 2.40. The van der Waals surface area contributed by atoms with Crippen LogP contribution in [0.4, 0.5) is 0 Å². The van der Waals surface area contributed by atoms with Gasteiger partial charge in [0.25, 0.3) is 5.91 Å². The summed E-state index contributed by atoms with van der Waals surface area (Å²) in [6.45, 7) is 3.36. The van der Waals surface area contributed by atoms with E-state index in [0.29, 0.717) is 17.2 Å². The van der Waals surface area contributed by atoms with Gasteiger partial charge in [-0.15, -0.1) is 0 Å². The lowest BCUT2D eigenvalue weighted by molar-refractivity contribution is -0.128. The van der Waals surface area contributed by atoms with Gasteiger partial charge in [-0.2, -0.15) is 0 Å². The van der Waals surface area contributed by atoms with E-state index in [1.165, 1.54) is 0 Å². The van der Waals surface area contributed by atoms with E-state index in [1.807, 2.05) is 0 Å². The molecule has 1 aromatic rings. The Bertz CT molecular complexity index is 629. The summed E-state index contributed by atoms with van der Waals surface area (Å²) in [4.78, 5) is 12.1. The molecule has 5 nitrogen and oxygen atoms in total. The average molecular weight is 332 g/mol. The van der Waals surface area contributed by atoms with E-state index >= 15 is 0 Å². The zero-order valence-electron chi connectivity index (χ0n) is 11.9. The molecule has 1 aliphatic heterocycles. The van der Waals surface area contributed by atoms with Crippen molar-refractivity contribution in [3.8, 4) is 5.75 Å². The Balaban J connectivity index is 1.95. The van der Waals surface area contributed by atoms with Crippen molar-refractivity contribution in [2.75, 3.05) is 11.5 Å². The van der Waals surface area contributed by atoms with E-state index in [0.717, 1.165) is 0 Å². The minimum atomic E-state index is -3.06. The van der Waals surface area contributed by atoms with Gasteiger partial charge in [-0.05, 0) is 44.5 Å². The van der Waals surface area contributed by atoms with Crippen LogP contribution in [0.5, 0.6) is 5.75 Å². The van der Waals surface area contributed by atoms with Gasteiger partial charge in [0.15, 0.2) is 15.9 Å². The van der Waals surface area contributed by atoms with Crippen molar-refractivity contribution in [2.45, 2.75) is 31.9 Å². The van der Waals surface area contributed by atoms with Crippen molar-refractivity contribution in [3.63, 3.8) is 0 Å². The number of rotatable bonds is 4. The fourth-order valence-electron chi connectivity index (χ4n) is 2.28. The van der Waals surface area contributed by atoms with Crippen molar-refractivity contribution in [2.24, 2.45) is 0 Å². The molecule has 0 bridgehead atoms. The maximum atomic E-state index is 12.1. The van der Waals surface area contributed by atoms with E-state index < -0.39 is 21.5 Å². The normalized spacial score (nSPS) is 25.3. The summed E-state index contributed by atoms with van der Waals surface area (Å²) < 4.78 is 28.6. The molecule has 1 N–H and O–H groups in total. The van der Waals surface area contributed by atoms with E-state index in [4.69, 9.17) is 16.3 Å². The van der Waals surface area contributed by atoms with Gasteiger partial charge in [-0.25, -0.2) is 8.42 Å². The third-order valence-electron chi connectivity index (χ3n) is 3.42. The number of hydrogen-bond donors (Lipinski definition) is 1. The maximum Gasteiger partial charge on any atom is 0.261 e. The van der Waals surface area contributed by atoms with E-state index in [9.17, 15) is 13.2 Å². The number of halogens is 1. The number of hydrogen-bond acceptors (Lipinski definition) is 4. The first kappa shape index (κ1) is 16.1. The molecule has 116 valence electrons. The molecule has 2 unspecified atom stereocenters. The molecule has 21 heavy (non-hydrogen) atoms. The highest BCUT2D eigenvalue weighted by molar-refractivity contribution is 7.91. The van der Waals surface area contributed by atoms with Crippen molar-refractivity contribution in [3.05, 3.63) is 29.3 Å². The first-order valence-corrected chi connectivity index (χ1v) is 8.84. The van der Waals surface area contributed by atoms with Gasteiger partial charge in [-0.1, -0.05) is 11.6 Å². The number of carbonyl (C=O) groups is 1. The lowest BCUT2D eigenvalue weighted by Crippen LogP contribution is -2.51. The Hall–Kier alpha value is -1.27. The molecule has 1 aromatic carbocycles. The van der Waals surface area contributed by atoms with Crippen LogP contribution in [-0.4, -0.2) is 37.5 Å². The molecule has 0 aliphatic carbocycles. The first-order chi connectivity index (χ1) is 9.69. The first-order valence-electron chi connectivity index (χ1n) is 6.64. The molecule has 7 heteroatoms. The van der Waals surface area contributed by atoms with Crippen molar-refractivity contribution in [1.82, 2.24) is 5.32 Å². The smallest absolute Gasteiger partial charge is 0.261 e. The van der Waals surface area contributed by atoms with Gasteiger partial charge in [0.1, 0.15) is 5.75 Å². The topological polar surface area (TPSA) is 72.5 Å². The predicted octanol–water partition coefficient (Wildman–Crippen LogP) is 1.80. The Labute approximate surface area is 129 Å². The fourth-order valence-corrected chi connectivity index (χ4v) is 4.50. The summed E-state index contributed by atoms with van der Waals surface area (Å²) in [6.07, 6.45) is -0.291. The van der Waals surface area contributed by atoms with Gasteiger partial charge in [0, 0.05) is 5.02 Å². The summed E-state index contributed by atoms with van der Waals surface area (Å²) in [5.74, 6) is 0.283. The molecule has 1 heterocycles. The van der Waals surface area contributed by atoms with Crippen LogP contribution in [0.3, 0.4) is 0 Å². The zero-order valence-corrected chi connectivity index (χ0v) is 13.5. The third kappa shape index (κ3) is 4.35. The summed E-state index contributed by atoms with van der Waals surface area (Å²) in [7, 11) is -3.06. The minimum Gasteiger partial charge on any atom is -0.481 e. The molecule has 0 aromatic heterocycles. The van der Waals surface area contributed by atoms with Gasteiger partial charge >= 0.3 is 0 Å². The van der Waals surface area contributed by atoms with Crippen LogP contribution in [-0.2, 0) is 14.6 Å². The van der Waals surface area contributed by atoms with Crippen LogP contribution in [0.1, 0.15) is 20.3 Å². The average Bonchev–Trinajstić information content (AvgIpc) is 2.66. The second-order valence-electron chi connectivity index (χ2n) is 5.61. The molecule has 1 amide bonds. The summed E-state index contributed by atoms with van der Waals surface area (Å²) >= 11 is 5.78. The Kier molecular flexibility index (Phi) is 4.49. The van der Waals surface area contributed by atoms with Crippen LogP contribution < -0.4 is 10.1 Å². The van der Waals surface area contributed by atoms with Crippen molar-refractivity contribution in [1.29, 1.82) is 0 Å². The Morgan fingerprint density at radius 3 is 2.52 bits per heavy atom. The monoisotopic (exact) mass is 331 g/mol. The van der Waals surface area contributed by atoms with Crippen molar-refractivity contribution >= 4 is 27.3 Å². The van der Waals surface area contributed by atoms with Gasteiger partial charge in [-0.3, -0.25) is 4.79 Å². The molecule has 1 aliphatic rings. The quantitative estimate of drug-likeness (QED) is 0.913. The number of nitrogens with one attached hydrogen (secondary N) is 1. The molecule has 0 radical (unpaired) electrons. The number of carbonyl (C=O) groups excluding carboxylic acids is 1. The zero-order chi connectivity index (χ0) is 15.7. The maximum absolute atomic E-state index is 12.1. The summed E-state index contributed by atoms with van der Waals surface area (Å²) in [5, 5.41) is 3.36. The predicted molar refractivity (Wildman–Crippen MR) is 81.4 cm³/mol. The Morgan fingerprint density at radius 2 is 2.00 bits per heavy atom. The van der Waals surface area contributed by atoms with Crippen LogP contribution in [0.2, 0.25) is 5.02 Å². The SMILES string of the molecule is CC(Oc1ccc(Cl)cc1)C(=O)NC1(C)CCS(=O)(=O)C1. The van der Waals surface area contributed by atoms with E-state index in [1.54, 1.807) is 38.1 Å². The highest BCUT2D eigenvalue weighted by atomic mass is 35.5. The second kappa shape index (κ2) is 5.85. The Morgan fingerprint density at radius 1 is 1.38 bits per heavy atom. The molecule has 0 spiro atoms. The van der Waals surface area contributed by atoms with Crippen LogP contribution in [0.15, 0.2) is 24.3 Å². The molecule has 1 saturated heterocycles. The third-order valence-corrected chi connectivity index (χ3v) is 5.58. The molecule has 0 saturated carbocycles. The molecular weight excluding hydrogens is 314 g/mol. The number of amides is 1. The number of benzene rings is 1. The fraction of sp³-hybridized carbons (Fsp3) is 0.500. The van der Waals surface area contributed by atoms with Crippen LogP contribution in [0.25, 0.3) is 0 Å². The summed E-state index contributed by atoms with van der Waals surface area (Å²) in [6, 6.07) is 6.69. The second-order valence-corrected chi connectivity index (χ2v) is 8.23. The molecule has 2 rings (SSSR count). The lowest BCUT2D eigenvalue weighted by Gasteiger charge is -2.26. The van der Waals surface area contributed by atoms with Gasteiger partial charge < -0.3 is 10.1 Å². The minimum absolute atomic E-state index is 0.0284. The van der Waals surface area contributed by atoms with Crippen molar-refractivity contribution < 1.29 is 17.9 Å². The standard InChI is InChI=1S/C14H18ClNO4S/c1-10(20-12-5-3-11(15)4-6-12)13(17)16-14(2)7-8-21(18,19)9-14/h3-6,10H,7-9H2,1-2H3,(H,16,17). The number of ether oxygens (including phenoxy) is 1. The lowest BCUT2D eigenvalue weighted by atomic mass is 10.0.